The molecule has 2 nitrogen and oxygen atoms in total. The molecule has 0 amide bonds. The van der Waals surface area contributed by atoms with E-state index in [4.69, 9.17) is 4.74 Å². The maximum absolute atomic E-state index is 12.4. The summed E-state index contributed by atoms with van der Waals surface area (Å²) in [5.41, 5.74) is 1.07. The molecule has 1 heterocycles. The predicted octanol–water partition coefficient (Wildman–Crippen LogP) is 2.56. The minimum Gasteiger partial charge on any atom is -0.378 e. The average Bonchev–Trinajstić information content (AvgIpc) is 2.29. The quantitative estimate of drug-likeness (QED) is 0.692. The first-order chi connectivity index (χ1) is 7.57. The van der Waals surface area contributed by atoms with Crippen molar-refractivity contribution in [3.63, 3.8) is 0 Å². The summed E-state index contributed by atoms with van der Waals surface area (Å²) in [5.74, 6) is -1.14. The Morgan fingerprint density at radius 1 is 1.25 bits per heavy atom. The minimum absolute atomic E-state index is 0.135. The van der Waals surface area contributed by atoms with Crippen molar-refractivity contribution in [2.75, 3.05) is 26.3 Å². The molecule has 0 radical (unpaired) electrons. The van der Waals surface area contributed by atoms with E-state index in [9.17, 15) is 13.2 Å². The molecule has 1 fully saturated rings. The molecule has 0 N–H and O–H groups in total. The molecule has 0 aromatic heterocycles. The summed E-state index contributed by atoms with van der Waals surface area (Å²) in [6.45, 7) is 2.98. The van der Waals surface area contributed by atoms with Gasteiger partial charge in [-0.1, -0.05) is 6.08 Å². The van der Waals surface area contributed by atoms with Crippen molar-refractivity contribution in [1.29, 1.82) is 0 Å². The summed E-state index contributed by atoms with van der Waals surface area (Å²) < 4.78 is 42.6. The maximum atomic E-state index is 12.4. The SMILES string of the molecule is FC(F)(F)C1CC=C(N2CCOCC2)CC1. The van der Waals surface area contributed by atoms with E-state index in [1.165, 1.54) is 0 Å². The van der Waals surface area contributed by atoms with Crippen LogP contribution in [0.5, 0.6) is 0 Å². The van der Waals surface area contributed by atoms with Gasteiger partial charge >= 0.3 is 6.18 Å². The van der Waals surface area contributed by atoms with Crippen LogP contribution in [0, 0.1) is 5.92 Å². The lowest BCUT2D eigenvalue weighted by molar-refractivity contribution is -0.176. The molecule has 5 heteroatoms. The van der Waals surface area contributed by atoms with Gasteiger partial charge in [-0.05, 0) is 19.3 Å². The van der Waals surface area contributed by atoms with Crippen molar-refractivity contribution >= 4 is 0 Å². The van der Waals surface area contributed by atoms with Gasteiger partial charge in [0, 0.05) is 18.8 Å². The van der Waals surface area contributed by atoms with Crippen LogP contribution >= 0.6 is 0 Å². The fourth-order valence-corrected chi connectivity index (χ4v) is 2.26. The zero-order valence-corrected chi connectivity index (χ0v) is 9.09. The van der Waals surface area contributed by atoms with E-state index in [2.05, 4.69) is 4.90 Å². The van der Waals surface area contributed by atoms with Gasteiger partial charge < -0.3 is 9.64 Å². The van der Waals surface area contributed by atoms with Crippen LogP contribution in [0.4, 0.5) is 13.2 Å². The van der Waals surface area contributed by atoms with Crippen molar-refractivity contribution in [3.05, 3.63) is 11.8 Å². The highest BCUT2D eigenvalue weighted by Gasteiger charge is 2.40. The Morgan fingerprint density at radius 2 is 1.94 bits per heavy atom. The highest BCUT2D eigenvalue weighted by atomic mass is 19.4. The zero-order chi connectivity index (χ0) is 11.6. The molecule has 2 aliphatic rings. The predicted molar refractivity (Wildman–Crippen MR) is 53.9 cm³/mol. The topological polar surface area (TPSA) is 12.5 Å². The summed E-state index contributed by atoms with van der Waals surface area (Å²) in [4.78, 5) is 2.15. The molecule has 1 aliphatic heterocycles. The number of morpholine rings is 1. The summed E-state index contributed by atoms with van der Waals surface area (Å²) in [6, 6.07) is 0. The molecule has 0 spiro atoms. The third kappa shape index (κ3) is 2.70. The molecular weight excluding hydrogens is 219 g/mol. The summed E-state index contributed by atoms with van der Waals surface area (Å²) in [6.07, 6.45) is -1.37. The van der Waals surface area contributed by atoms with Crippen LogP contribution in [0.2, 0.25) is 0 Å². The fourth-order valence-electron chi connectivity index (χ4n) is 2.26. The molecule has 0 saturated carbocycles. The first-order valence-electron chi connectivity index (χ1n) is 5.66. The molecular formula is C11H16F3NO. The van der Waals surface area contributed by atoms with Crippen LogP contribution < -0.4 is 0 Å². The van der Waals surface area contributed by atoms with Crippen LogP contribution in [0.15, 0.2) is 11.8 Å². The minimum atomic E-state index is -4.03. The molecule has 1 unspecified atom stereocenters. The number of rotatable bonds is 1. The number of alkyl halides is 3. The molecule has 1 atom stereocenters. The van der Waals surface area contributed by atoms with Crippen molar-refractivity contribution in [1.82, 2.24) is 4.90 Å². The van der Waals surface area contributed by atoms with Crippen LogP contribution in [0.1, 0.15) is 19.3 Å². The lowest BCUT2D eigenvalue weighted by Crippen LogP contribution is -2.37. The van der Waals surface area contributed by atoms with Gasteiger partial charge in [0.05, 0.1) is 19.1 Å². The van der Waals surface area contributed by atoms with Crippen molar-refractivity contribution in [3.8, 4) is 0 Å². The van der Waals surface area contributed by atoms with Gasteiger partial charge in [-0.3, -0.25) is 0 Å². The molecule has 92 valence electrons. The van der Waals surface area contributed by atoms with E-state index < -0.39 is 12.1 Å². The summed E-state index contributed by atoms with van der Waals surface area (Å²) >= 11 is 0. The van der Waals surface area contributed by atoms with Crippen molar-refractivity contribution in [2.24, 2.45) is 5.92 Å². The Balaban J connectivity index is 1.92. The fraction of sp³-hybridized carbons (Fsp3) is 0.818. The Labute approximate surface area is 93.1 Å². The lowest BCUT2D eigenvalue weighted by Gasteiger charge is -2.34. The van der Waals surface area contributed by atoms with E-state index in [1.807, 2.05) is 0 Å². The third-order valence-corrected chi connectivity index (χ3v) is 3.27. The van der Waals surface area contributed by atoms with E-state index in [0.717, 1.165) is 18.8 Å². The second-order valence-electron chi connectivity index (χ2n) is 4.31. The Bertz CT molecular complexity index is 269. The Morgan fingerprint density at radius 3 is 2.44 bits per heavy atom. The molecule has 0 bridgehead atoms. The summed E-state index contributed by atoms with van der Waals surface area (Å²) in [5, 5.41) is 0. The van der Waals surface area contributed by atoms with Crippen molar-refractivity contribution in [2.45, 2.75) is 25.4 Å². The number of halogens is 3. The molecule has 0 aromatic rings. The van der Waals surface area contributed by atoms with Crippen LogP contribution in [-0.4, -0.2) is 37.4 Å². The van der Waals surface area contributed by atoms with Crippen LogP contribution in [0.25, 0.3) is 0 Å². The lowest BCUT2D eigenvalue weighted by atomic mass is 9.91. The van der Waals surface area contributed by atoms with E-state index >= 15 is 0 Å². The standard InChI is InChI=1S/C11H16F3NO/c12-11(13,14)9-1-3-10(4-2-9)15-5-7-16-8-6-15/h3,9H,1-2,4-8H2. The first-order valence-corrected chi connectivity index (χ1v) is 5.66. The van der Waals surface area contributed by atoms with Gasteiger partial charge in [0.15, 0.2) is 0 Å². The highest BCUT2D eigenvalue weighted by Crippen LogP contribution is 2.37. The molecule has 16 heavy (non-hydrogen) atoms. The van der Waals surface area contributed by atoms with Crippen LogP contribution in [-0.2, 0) is 4.74 Å². The zero-order valence-electron chi connectivity index (χ0n) is 9.09. The molecule has 2 rings (SSSR count). The Hall–Kier alpha value is -0.710. The number of allylic oxidation sites excluding steroid dienone is 2. The third-order valence-electron chi connectivity index (χ3n) is 3.27. The van der Waals surface area contributed by atoms with E-state index in [1.54, 1.807) is 6.08 Å². The second-order valence-corrected chi connectivity index (χ2v) is 4.31. The Kier molecular flexibility index (Phi) is 3.42. The monoisotopic (exact) mass is 235 g/mol. The second kappa shape index (κ2) is 4.65. The number of nitrogens with zero attached hydrogens (tertiary/aromatic N) is 1. The van der Waals surface area contributed by atoms with Gasteiger partial charge in [-0.25, -0.2) is 0 Å². The first kappa shape index (κ1) is 11.8. The maximum Gasteiger partial charge on any atom is 0.392 e. The molecule has 0 aromatic carbocycles. The van der Waals surface area contributed by atoms with Gasteiger partial charge in [0.1, 0.15) is 0 Å². The van der Waals surface area contributed by atoms with Gasteiger partial charge in [-0.15, -0.1) is 0 Å². The van der Waals surface area contributed by atoms with Gasteiger partial charge in [-0.2, -0.15) is 13.2 Å². The highest BCUT2D eigenvalue weighted by molar-refractivity contribution is 5.07. The van der Waals surface area contributed by atoms with Gasteiger partial charge in [0.2, 0.25) is 0 Å². The molecule has 1 aliphatic carbocycles. The number of hydrogen-bond donors (Lipinski definition) is 0. The van der Waals surface area contributed by atoms with E-state index in [-0.39, 0.29) is 12.8 Å². The largest absolute Gasteiger partial charge is 0.392 e. The number of hydrogen-bond acceptors (Lipinski definition) is 2. The van der Waals surface area contributed by atoms with Gasteiger partial charge in [0.25, 0.3) is 0 Å². The number of ether oxygens (including phenoxy) is 1. The normalized spacial score (nSPS) is 27.8. The molecule has 1 saturated heterocycles. The smallest absolute Gasteiger partial charge is 0.378 e. The van der Waals surface area contributed by atoms with Crippen LogP contribution in [0.3, 0.4) is 0 Å². The average molecular weight is 235 g/mol. The van der Waals surface area contributed by atoms with Crippen molar-refractivity contribution < 1.29 is 17.9 Å². The van der Waals surface area contributed by atoms with E-state index in [0.29, 0.717) is 19.6 Å². The summed E-state index contributed by atoms with van der Waals surface area (Å²) in [7, 11) is 0.